The van der Waals surface area contributed by atoms with Gasteiger partial charge in [-0.25, -0.2) is 4.98 Å². The molecule has 3 aromatic rings. The molecule has 27 heavy (non-hydrogen) atoms. The average Bonchev–Trinajstić information content (AvgIpc) is 3.06. The van der Waals surface area contributed by atoms with Crippen LogP contribution in [0.25, 0.3) is 0 Å². The number of nitrogens with zero attached hydrogens (tertiary/aromatic N) is 5. The van der Waals surface area contributed by atoms with Gasteiger partial charge in [-0.15, -0.1) is 0 Å². The molecular weight excluding hydrogens is 336 g/mol. The van der Waals surface area contributed by atoms with Crippen LogP contribution in [0.15, 0.2) is 60.9 Å². The largest absolute Gasteiger partial charge is 0.370 e. The van der Waals surface area contributed by atoms with Crippen LogP contribution in [0.1, 0.15) is 16.8 Å². The molecule has 0 radical (unpaired) electrons. The standard InChI is InChI=1S/C21H22N6/c22-11-18-5-1-2-6-19(18)15-26-13-17(12-24-21-7-3-4-9-23-21)14-27-20(16-26)8-10-25-27/h1-10,17H,12-16H2,(H,23,24)/t17-/m0/s1. The van der Waals surface area contributed by atoms with Crippen molar-refractivity contribution in [1.29, 1.82) is 5.26 Å². The highest BCUT2D eigenvalue weighted by Gasteiger charge is 2.23. The van der Waals surface area contributed by atoms with Gasteiger partial charge < -0.3 is 5.32 Å². The number of anilines is 1. The highest BCUT2D eigenvalue weighted by molar-refractivity contribution is 5.37. The number of hydrogen-bond acceptors (Lipinski definition) is 5. The molecule has 0 bridgehead atoms. The highest BCUT2D eigenvalue weighted by atomic mass is 15.3. The van der Waals surface area contributed by atoms with Crippen LogP contribution in [0.4, 0.5) is 5.82 Å². The number of aromatic nitrogens is 3. The third-order valence-electron chi connectivity index (χ3n) is 4.91. The minimum Gasteiger partial charge on any atom is -0.370 e. The van der Waals surface area contributed by atoms with Crippen molar-refractivity contribution in [2.45, 2.75) is 19.6 Å². The fourth-order valence-electron chi connectivity index (χ4n) is 3.59. The second kappa shape index (κ2) is 8.02. The van der Waals surface area contributed by atoms with E-state index in [2.05, 4.69) is 37.1 Å². The van der Waals surface area contributed by atoms with E-state index in [0.29, 0.717) is 5.92 Å². The molecule has 6 nitrogen and oxygen atoms in total. The average molecular weight is 358 g/mol. The molecule has 136 valence electrons. The fourth-order valence-corrected chi connectivity index (χ4v) is 3.59. The summed E-state index contributed by atoms with van der Waals surface area (Å²) in [7, 11) is 0. The lowest BCUT2D eigenvalue weighted by atomic mass is 10.1. The summed E-state index contributed by atoms with van der Waals surface area (Å²) < 4.78 is 2.10. The quantitative estimate of drug-likeness (QED) is 0.759. The Balaban J connectivity index is 1.51. The zero-order chi connectivity index (χ0) is 18.5. The topological polar surface area (TPSA) is 69.8 Å². The first-order valence-electron chi connectivity index (χ1n) is 9.18. The fraction of sp³-hybridized carbons (Fsp3) is 0.286. The number of nitrogens with one attached hydrogen (secondary N) is 1. The Labute approximate surface area is 159 Å². The van der Waals surface area contributed by atoms with E-state index in [0.717, 1.165) is 49.7 Å². The van der Waals surface area contributed by atoms with Gasteiger partial charge in [0, 0.05) is 51.0 Å². The maximum atomic E-state index is 9.39. The smallest absolute Gasteiger partial charge is 0.125 e. The van der Waals surface area contributed by atoms with E-state index >= 15 is 0 Å². The van der Waals surface area contributed by atoms with Gasteiger partial charge in [0.1, 0.15) is 5.82 Å². The van der Waals surface area contributed by atoms with Gasteiger partial charge in [0.05, 0.1) is 17.3 Å². The minimum atomic E-state index is 0.391. The molecule has 0 amide bonds. The van der Waals surface area contributed by atoms with Gasteiger partial charge >= 0.3 is 0 Å². The second-order valence-corrected chi connectivity index (χ2v) is 6.91. The molecule has 0 saturated carbocycles. The molecule has 1 N–H and O–H groups in total. The summed E-state index contributed by atoms with van der Waals surface area (Å²) in [4.78, 5) is 6.75. The zero-order valence-corrected chi connectivity index (χ0v) is 15.1. The van der Waals surface area contributed by atoms with Crippen molar-refractivity contribution in [2.24, 2.45) is 5.92 Å². The molecule has 1 atom stereocenters. The molecule has 1 aliphatic heterocycles. The first kappa shape index (κ1) is 17.3. The molecule has 1 aliphatic rings. The van der Waals surface area contributed by atoms with Crippen molar-refractivity contribution in [3.05, 3.63) is 77.7 Å². The van der Waals surface area contributed by atoms with Crippen LogP contribution in [0.3, 0.4) is 0 Å². The number of rotatable bonds is 5. The first-order chi connectivity index (χ1) is 13.3. The van der Waals surface area contributed by atoms with E-state index in [1.807, 2.05) is 48.7 Å². The maximum Gasteiger partial charge on any atom is 0.125 e. The number of fused-ring (bicyclic) bond motifs is 1. The lowest BCUT2D eigenvalue weighted by Crippen LogP contribution is -2.31. The molecule has 6 heteroatoms. The number of nitriles is 1. The summed E-state index contributed by atoms with van der Waals surface area (Å²) in [5.41, 5.74) is 3.03. The van der Waals surface area contributed by atoms with Crippen molar-refractivity contribution >= 4 is 5.82 Å². The molecule has 2 aromatic heterocycles. The van der Waals surface area contributed by atoms with Crippen molar-refractivity contribution in [3.63, 3.8) is 0 Å². The molecule has 3 heterocycles. The highest BCUT2D eigenvalue weighted by Crippen LogP contribution is 2.20. The van der Waals surface area contributed by atoms with Crippen LogP contribution in [0.2, 0.25) is 0 Å². The lowest BCUT2D eigenvalue weighted by Gasteiger charge is -2.24. The van der Waals surface area contributed by atoms with E-state index in [-0.39, 0.29) is 0 Å². The van der Waals surface area contributed by atoms with Gasteiger partial charge in [0.25, 0.3) is 0 Å². The molecule has 0 saturated heterocycles. The number of benzene rings is 1. The number of pyridine rings is 1. The Bertz CT molecular complexity index is 927. The van der Waals surface area contributed by atoms with E-state index < -0.39 is 0 Å². The van der Waals surface area contributed by atoms with Crippen molar-refractivity contribution in [2.75, 3.05) is 18.4 Å². The molecule has 4 rings (SSSR count). The van der Waals surface area contributed by atoms with Gasteiger partial charge in [-0.05, 0) is 29.8 Å². The predicted octanol–water partition coefficient (Wildman–Crippen LogP) is 2.89. The van der Waals surface area contributed by atoms with Crippen LogP contribution in [0.5, 0.6) is 0 Å². The van der Waals surface area contributed by atoms with Gasteiger partial charge in [0.2, 0.25) is 0 Å². The molecule has 1 aromatic carbocycles. The molecule has 0 fully saturated rings. The summed E-state index contributed by atoms with van der Waals surface area (Å²) in [6.07, 6.45) is 3.66. The summed E-state index contributed by atoms with van der Waals surface area (Å²) in [6.45, 7) is 4.23. The zero-order valence-electron chi connectivity index (χ0n) is 15.1. The Hall–Kier alpha value is -3.17. The van der Waals surface area contributed by atoms with Gasteiger partial charge in [-0.1, -0.05) is 24.3 Å². The first-order valence-corrected chi connectivity index (χ1v) is 9.18. The number of hydrogen-bond donors (Lipinski definition) is 1. The van der Waals surface area contributed by atoms with Crippen LogP contribution in [0, 0.1) is 17.2 Å². The van der Waals surface area contributed by atoms with Crippen LogP contribution >= 0.6 is 0 Å². The summed E-state index contributed by atoms with van der Waals surface area (Å²) in [6, 6.07) is 18.1. The second-order valence-electron chi connectivity index (χ2n) is 6.91. The SMILES string of the molecule is N#Cc1ccccc1CN1Cc2ccnn2C[C@@H](CNc2ccccn2)C1. The van der Waals surface area contributed by atoms with Gasteiger partial charge in [-0.2, -0.15) is 10.4 Å². The van der Waals surface area contributed by atoms with E-state index in [1.54, 1.807) is 6.20 Å². The van der Waals surface area contributed by atoms with Crippen molar-refractivity contribution in [3.8, 4) is 6.07 Å². The van der Waals surface area contributed by atoms with Gasteiger partial charge in [0.15, 0.2) is 0 Å². The molecular formula is C21H22N6. The maximum absolute atomic E-state index is 9.39. The Morgan fingerprint density at radius 3 is 2.81 bits per heavy atom. The van der Waals surface area contributed by atoms with Crippen molar-refractivity contribution in [1.82, 2.24) is 19.7 Å². The van der Waals surface area contributed by atoms with E-state index in [1.165, 1.54) is 5.69 Å². The van der Waals surface area contributed by atoms with E-state index in [9.17, 15) is 5.26 Å². The Morgan fingerprint density at radius 1 is 1.07 bits per heavy atom. The summed E-state index contributed by atoms with van der Waals surface area (Å²) >= 11 is 0. The third kappa shape index (κ3) is 4.15. The molecule has 0 spiro atoms. The molecule has 0 unspecified atom stereocenters. The summed E-state index contributed by atoms with van der Waals surface area (Å²) in [5, 5.41) is 17.3. The lowest BCUT2D eigenvalue weighted by molar-refractivity contribution is 0.225. The van der Waals surface area contributed by atoms with Crippen LogP contribution < -0.4 is 5.32 Å². The van der Waals surface area contributed by atoms with Crippen LogP contribution in [-0.2, 0) is 19.6 Å². The monoisotopic (exact) mass is 358 g/mol. The van der Waals surface area contributed by atoms with Crippen molar-refractivity contribution < 1.29 is 0 Å². The Kier molecular flexibility index (Phi) is 5.13. The van der Waals surface area contributed by atoms with Crippen LogP contribution in [-0.4, -0.2) is 32.8 Å². The van der Waals surface area contributed by atoms with E-state index in [4.69, 9.17) is 0 Å². The third-order valence-corrected chi connectivity index (χ3v) is 4.91. The van der Waals surface area contributed by atoms with Gasteiger partial charge in [-0.3, -0.25) is 9.58 Å². The predicted molar refractivity (Wildman–Crippen MR) is 104 cm³/mol. The normalized spacial score (nSPS) is 16.9. The Morgan fingerprint density at radius 2 is 1.96 bits per heavy atom. The summed E-state index contributed by atoms with van der Waals surface area (Å²) in [5.74, 6) is 1.28. The molecule has 0 aliphatic carbocycles. The minimum absolute atomic E-state index is 0.391.